The van der Waals surface area contributed by atoms with E-state index in [1.807, 2.05) is 19.1 Å². The Hall–Kier alpha value is -1.03. The van der Waals surface area contributed by atoms with Gasteiger partial charge >= 0.3 is 0 Å². The Kier molecular flexibility index (Phi) is 4.46. The maximum Gasteiger partial charge on any atom is 0.169 e. The van der Waals surface area contributed by atoms with Crippen molar-refractivity contribution in [1.29, 1.82) is 0 Å². The van der Waals surface area contributed by atoms with Crippen LogP contribution in [0, 0.1) is 0 Å². The minimum Gasteiger partial charge on any atom is -0.490 e. The number of rotatable bonds is 5. The number of hydrogen-bond donors (Lipinski definition) is 1. The number of nitrogens with zero attached hydrogens (tertiary/aromatic N) is 1. The number of nitrogens with one attached hydrogen (secondary N) is 1. The second-order valence-electron chi connectivity index (χ2n) is 2.65. The molecule has 0 saturated heterocycles. The fraction of sp³-hybridized carbons (Fsp3) is 0.300. The Morgan fingerprint density at radius 2 is 2.50 bits per heavy atom. The molecule has 1 rings (SSSR count). The largest absolute Gasteiger partial charge is 0.490 e. The van der Waals surface area contributed by atoms with Gasteiger partial charge < -0.3 is 10.1 Å². The van der Waals surface area contributed by atoms with Gasteiger partial charge in [-0.3, -0.25) is 0 Å². The Labute approximate surface area is 92.3 Å². The van der Waals surface area contributed by atoms with Gasteiger partial charge in [0.15, 0.2) is 11.6 Å². The quantitative estimate of drug-likeness (QED) is 0.880. The molecular weight excluding hydrogens is 244 g/mol. The molecule has 0 aliphatic rings. The smallest absolute Gasteiger partial charge is 0.169 e. The zero-order valence-electron chi connectivity index (χ0n) is 8.09. The number of anilines is 1. The third kappa shape index (κ3) is 3.38. The van der Waals surface area contributed by atoms with E-state index in [-0.39, 0.29) is 0 Å². The summed E-state index contributed by atoms with van der Waals surface area (Å²) in [5.74, 6) is 1.51. The van der Waals surface area contributed by atoms with E-state index < -0.39 is 0 Å². The van der Waals surface area contributed by atoms with Gasteiger partial charge in [-0.2, -0.15) is 0 Å². The minimum atomic E-state index is 0.635. The number of halogens is 1. The molecule has 1 aromatic rings. The van der Waals surface area contributed by atoms with Crippen molar-refractivity contribution in [3.8, 4) is 5.75 Å². The summed E-state index contributed by atoms with van der Waals surface area (Å²) in [6.07, 6.45) is 1.72. The van der Waals surface area contributed by atoms with Gasteiger partial charge in [-0.05, 0) is 19.1 Å². The first kappa shape index (κ1) is 11.0. The van der Waals surface area contributed by atoms with E-state index in [0.717, 1.165) is 16.0 Å². The van der Waals surface area contributed by atoms with Crippen molar-refractivity contribution in [2.75, 3.05) is 18.5 Å². The molecule has 1 heterocycles. The summed E-state index contributed by atoms with van der Waals surface area (Å²) in [4.78, 5) is 4.17. The Morgan fingerprint density at radius 1 is 1.71 bits per heavy atom. The predicted octanol–water partition coefficient (Wildman–Crippen LogP) is 2.80. The molecule has 0 fully saturated rings. The molecule has 3 nitrogen and oxygen atoms in total. The first-order chi connectivity index (χ1) is 6.74. The van der Waals surface area contributed by atoms with Gasteiger partial charge in [-0.1, -0.05) is 22.5 Å². The molecule has 0 aromatic carbocycles. The maximum atomic E-state index is 5.40. The highest BCUT2D eigenvalue weighted by Crippen LogP contribution is 2.21. The van der Waals surface area contributed by atoms with Gasteiger partial charge in [0.05, 0.1) is 6.61 Å². The van der Waals surface area contributed by atoms with Crippen LogP contribution in [0.3, 0.4) is 0 Å². The standard InChI is InChI=1S/C10H13BrN2O/c1-3-14-9-5-4-6-12-10(9)13-7-8(2)11/h4-6H,2-3,7H2,1H3,(H,12,13). The molecule has 0 bridgehead atoms. The van der Waals surface area contributed by atoms with Gasteiger partial charge in [0.2, 0.25) is 0 Å². The van der Waals surface area contributed by atoms with Crippen LogP contribution in [-0.2, 0) is 0 Å². The van der Waals surface area contributed by atoms with E-state index in [0.29, 0.717) is 13.2 Å². The summed E-state index contributed by atoms with van der Waals surface area (Å²) in [7, 11) is 0. The van der Waals surface area contributed by atoms with Crippen molar-refractivity contribution in [2.24, 2.45) is 0 Å². The van der Waals surface area contributed by atoms with E-state index in [1.165, 1.54) is 0 Å². The van der Waals surface area contributed by atoms with Crippen molar-refractivity contribution in [3.63, 3.8) is 0 Å². The minimum absolute atomic E-state index is 0.635. The average Bonchev–Trinajstić information content (AvgIpc) is 2.17. The lowest BCUT2D eigenvalue weighted by Gasteiger charge is -2.09. The van der Waals surface area contributed by atoms with Crippen molar-refractivity contribution < 1.29 is 4.74 Å². The van der Waals surface area contributed by atoms with Crippen LogP contribution < -0.4 is 10.1 Å². The van der Waals surface area contributed by atoms with Crippen LogP contribution in [0.25, 0.3) is 0 Å². The number of aromatic nitrogens is 1. The SMILES string of the molecule is C=C(Br)CNc1ncccc1OCC. The lowest BCUT2D eigenvalue weighted by molar-refractivity contribution is 0.340. The van der Waals surface area contributed by atoms with Crippen molar-refractivity contribution >= 4 is 21.7 Å². The zero-order valence-corrected chi connectivity index (χ0v) is 9.67. The molecule has 0 saturated carbocycles. The Balaban J connectivity index is 2.68. The molecule has 4 heteroatoms. The van der Waals surface area contributed by atoms with Gasteiger partial charge in [0.25, 0.3) is 0 Å². The zero-order chi connectivity index (χ0) is 10.4. The molecule has 1 aromatic heterocycles. The van der Waals surface area contributed by atoms with Gasteiger partial charge in [-0.15, -0.1) is 0 Å². The number of hydrogen-bond acceptors (Lipinski definition) is 3. The molecule has 76 valence electrons. The molecule has 1 N–H and O–H groups in total. The third-order valence-corrected chi connectivity index (χ3v) is 1.80. The first-order valence-corrected chi connectivity index (χ1v) is 5.18. The topological polar surface area (TPSA) is 34.2 Å². The molecule has 0 spiro atoms. The van der Waals surface area contributed by atoms with E-state index in [4.69, 9.17) is 4.74 Å². The van der Waals surface area contributed by atoms with E-state index in [9.17, 15) is 0 Å². The lowest BCUT2D eigenvalue weighted by atomic mass is 10.4. The first-order valence-electron chi connectivity index (χ1n) is 4.39. The fourth-order valence-corrected chi connectivity index (χ4v) is 1.12. The molecule has 0 radical (unpaired) electrons. The van der Waals surface area contributed by atoms with Crippen LogP contribution in [0.2, 0.25) is 0 Å². The van der Waals surface area contributed by atoms with Gasteiger partial charge in [-0.25, -0.2) is 4.98 Å². The van der Waals surface area contributed by atoms with Crippen molar-refractivity contribution in [2.45, 2.75) is 6.92 Å². The monoisotopic (exact) mass is 256 g/mol. The summed E-state index contributed by atoms with van der Waals surface area (Å²) in [6, 6.07) is 3.73. The van der Waals surface area contributed by atoms with Crippen molar-refractivity contribution in [3.05, 3.63) is 29.4 Å². The lowest BCUT2D eigenvalue weighted by Crippen LogP contribution is -2.05. The van der Waals surface area contributed by atoms with Crippen LogP contribution in [0.4, 0.5) is 5.82 Å². The van der Waals surface area contributed by atoms with Crippen LogP contribution in [0.15, 0.2) is 29.4 Å². The fourth-order valence-electron chi connectivity index (χ4n) is 0.975. The number of pyridine rings is 1. The van der Waals surface area contributed by atoms with E-state index in [2.05, 4.69) is 32.8 Å². The highest BCUT2D eigenvalue weighted by molar-refractivity contribution is 9.11. The van der Waals surface area contributed by atoms with Crippen LogP contribution in [0.5, 0.6) is 5.75 Å². The van der Waals surface area contributed by atoms with Gasteiger partial charge in [0, 0.05) is 17.2 Å². The van der Waals surface area contributed by atoms with E-state index in [1.54, 1.807) is 6.20 Å². The van der Waals surface area contributed by atoms with E-state index >= 15 is 0 Å². The normalized spacial score (nSPS) is 9.57. The van der Waals surface area contributed by atoms with Crippen LogP contribution in [0.1, 0.15) is 6.92 Å². The molecule has 0 aliphatic heterocycles. The molecule has 0 aliphatic carbocycles. The molecule has 0 unspecified atom stereocenters. The third-order valence-electron chi connectivity index (χ3n) is 1.52. The summed E-state index contributed by atoms with van der Waals surface area (Å²) in [5.41, 5.74) is 0. The molecule has 0 atom stereocenters. The number of ether oxygens (including phenoxy) is 1. The summed E-state index contributed by atoms with van der Waals surface area (Å²) in [6.45, 7) is 6.95. The molecule has 0 amide bonds. The van der Waals surface area contributed by atoms with Crippen LogP contribution >= 0.6 is 15.9 Å². The molecule has 14 heavy (non-hydrogen) atoms. The Morgan fingerprint density at radius 3 is 3.14 bits per heavy atom. The predicted molar refractivity (Wildman–Crippen MR) is 62.0 cm³/mol. The van der Waals surface area contributed by atoms with Crippen molar-refractivity contribution in [1.82, 2.24) is 4.98 Å². The highest BCUT2D eigenvalue weighted by atomic mass is 79.9. The second kappa shape index (κ2) is 5.65. The Bertz CT molecular complexity index is 315. The maximum absolute atomic E-state index is 5.40. The second-order valence-corrected chi connectivity index (χ2v) is 3.78. The van der Waals surface area contributed by atoms with Crippen LogP contribution in [-0.4, -0.2) is 18.1 Å². The molecular formula is C10H13BrN2O. The summed E-state index contributed by atoms with van der Waals surface area (Å²) >= 11 is 3.27. The summed E-state index contributed by atoms with van der Waals surface area (Å²) in [5, 5.41) is 3.11. The highest BCUT2D eigenvalue weighted by Gasteiger charge is 2.02. The summed E-state index contributed by atoms with van der Waals surface area (Å²) < 4.78 is 6.28. The van der Waals surface area contributed by atoms with Gasteiger partial charge in [0.1, 0.15) is 0 Å². The average molecular weight is 257 g/mol.